The van der Waals surface area contributed by atoms with Crippen LogP contribution in [0.1, 0.15) is 54.2 Å². The molecule has 1 aliphatic carbocycles. The fourth-order valence-electron chi connectivity index (χ4n) is 7.55. The van der Waals surface area contributed by atoms with Crippen LogP contribution in [0, 0.1) is 12.7 Å². The van der Waals surface area contributed by atoms with Crippen LogP contribution in [-0.4, -0.2) is 79.8 Å². The van der Waals surface area contributed by atoms with Crippen molar-refractivity contribution in [3.05, 3.63) is 123 Å². The SMILES string of the molecule is Cc1cnc2c(c1)c(=O)n(C1CCC(NC(=O)c3cn4cc(F)ccc4n3)CC1)c(=O)n2-c1cccc(-c2ccc(OCCCN3CCOCC3)cc2)c1. The first-order chi connectivity index (χ1) is 26.3. The molecule has 8 rings (SSSR count). The predicted molar refractivity (Wildman–Crippen MR) is 203 cm³/mol. The highest BCUT2D eigenvalue weighted by Crippen LogP contribution is 2.29. The summed E-state index contributed by atoms with van der Waals surface area (Å²) in [5, 5.41) is 3.40. The quantitative estimate of drug-likeness (QED) is 0.188. The Labute approximate surface area is 310 Å². The van der Waals surface area contributed by atoms with Crippen molar-refractivity contribution in [3.8, 4) is 22.6 Å². The number of aromatic nitrogens is 5. The molecule has 12 nitrogen and oxygen atoms in total. The molecule has 13 heteroatoms. The molecular weight excluding hydrogens is 689 g/mol. The third-order valence-corrected chi connectivity index (χ3v) is 10.4. The van der Waals surface area contributed by atoms with Crippen LogP contribution in [0.15, 0.2) is 94.9 Å². The first-order valence-corrected chi connectivity index (χ1v) is 18.5. The summed E-state index contributed by atoms with van der Waals surface area (Å²) in [7, 11) is 0. The van der Waals surface area contributed by atoms with Gasteiger partial charge in [-0.25, -0.2) is 23.7 Å². The van der Waals surface area contributed by atoms with Crippen LogP contribution >= 0.6 is 0 Å². The lowest BCUT2D eigenvalue weighted by molar-refractivity contribution is 0.0358. The molecule has 2 fully saturated rings. The minimum Gasteiger partial charge on any atom is -0.494 e. The van der Waals surface area contributed by atoms with Crippen molar-refractivity contribution in [3.63, 3.8) is 0 Å². The number of nitrogens with zero attached hydrogens (tertiary/aromatic N) is 6. The van der Waals surface area contributed by atoms with Gasteiger partial charge < -0.3 is 19.2 Å². The Morgan fingerprint density at radius 3 is 2.56 bits per heavy atom. The summed E-state index contributed by atoms with van der Waals surface area (Å²) in [4.78, 5) is 52.8. The van der Waals surface area contributed by atoms with Gasteiger partial charge in [0, 0.05) is 50.3 Å². The molecule has 0 unspecified atom stereocenters. The van der Waals surface area contributed by atoms with Crippen molar-refractivity contribution in [2.75, 3.05) is 39.5 Å². The number of fused-ring (bicyclic) bond motifs is 2. The number of nitrogens with one attached hydrogen (secondary N) is 1. The molecule has 5 heterocycles. The number of rotatable bonds is 10. The van der Waals surface area contributed by atoms with Gasteiger partial charge in [0.1, 0.15) is 22.9 Å². The normalized spacial score (nSPS) is 17.9. The Balaban J connectivity index is 0.999. The standard InChI is InChI=1S/C41H42FN7O5/c1-27-22-35-38(43-24-27)48(33-5-2-4-29(23-33)28-6-13-34(14-7-28)54-19-3-16-46-17-20-53-21-18-46)41(52)49(40(35)51)32-11-9-31(10-12-32)44-39(50)36-26-47-25-30(42)8-15-37(47)45-36/h2,4-8,13-15,22-26,31-32H,3,9-12,16-21H2,1H3,(H,44,50). The number of amides is 1. The highest BCUT2D eigenvalue weighted by molar-refractivity contribution is 5.93. The number of carbonyl (C=O) groups excluding carboxylic acids is 1. The van der Waals surface area contributed by atoms with Gasteiger partial charge in [0.2, 0.25) is 0 Å². The predicted octanol–water partition coefficient (Wildman–Crippen LogP) is 5.32. The van der Waals surface area contributed by atoms with Crippen molar-refractivity contribution in [2.45, 2.75) is 51.1 Å². The van der Waals surface area contributed by atoms with Crippen molar-refractivity contribution in [2.24, 2.45) is 0 Å². The Kier molecular flexibility index (Phi) is 10.1. The van der Waals surface area contributed by atoms with E-state index in [9.17, 15) is 18.8 Å². The molecule has 54 heavy (non-hydrogen) atoms. The van der Waals surface area contributed by atoms with Gasteiger partial charge in [-0.15, -0.1) is 0 Å². The van der Waals surface area contributed by atoms with E-state index >= 15 is 0 Å². The van der Waals surface area contributed by atoms with E-state index in [1.165, 1.54) is 38.1 Å². The molecule has 1 amide bonds. The van der Waals surface area contributed by atoms with E-state index in [4.69, 9.17) is 9.47 Å². The van der Waals surface area contributed by atoms with Crippen LogP contribution < -0.4 is 21.3 Å². The van der Waals surface area contributed by atoms with E-state index in [-0.39, 0.29) is 29.2 Å². The number of halogens is 1. The Morgan fingerprint density at radius 2 is 1.76 bits per heavy atom. The van der Waals surface area contributed by atoms with Crippen LogP contribution in [0.25, 0.3) is 33.5 Å². The van der Waals surface area contributed by atoms with Crippen molar-refractivity contribution < 1.29 is 18.7 Å². The van der Waals surface area contributed by atoms with Crippen molar-refractivity contribution in [1.29, 1.82) is 0 Å². The van der Waals surface area contributed by atoms with Gasteiger partial charge in [0.05, 0.1) is 30.9 Å². The third kappa shape index (κ3) is 7.42. The maximum Gasteiger partial charge on any atom is 0.337 e. The lowest BCUT2D eigenvalue weighted by Gasteiger charge is -2.30. The maximum atomic E-state index is 14.4. The number of aryl methyl sites for hydroxylation is 1. The molecule has 278 valence electrons. The number of carbonyl (C=O) groups is 1. The molecule has 6 aromatic rings. The van der Waals surface area contributed by atoms with E-state index in [1.807, 2.05) is 55.5 Å². The summed E-state index contributed by atoms with van der Waals surface area (Å²) in [6.45, 7) is 7.00. The average molecular weight is 732 g/mol. The molecule has 4 aromatic heterocycles. The monoisotopic (exact) mass is 731 g/mol. The summed E-state index contributed by atoms with van der Waals surface area (Å²) in [5.41, 5.74) is 3.43. The van der Waals surface area contributed by atoms with Crippen molar-refractivity contribution >= 4 is 22.6 Å². The first kappa shape index (κ1) is 35.4. The zero-order valence-electron chi connectivity index (χ0n) is 30.1. The van der Waals surface area contributed by atoms with Gasteiger partial charge in [-0.3, -0.25) is 19.1 Å². The Bertz CT molecular complexity index is 2430. The number of imidazole rings is 1. The molecule has 1 N–H and O–H groups in total. The van der Waals surface area contributed by atoms with E-state index < -0.39 is 11.5 Å². The summed E-state index contributed by atoms with van der Waals surface area (Å²) in [6.07, 6.45) is 7.54. The molecule has 0 spiro atoms. The zero-order valence-corrected chi connectivity index (χ0v) is 30.1. The lowest BCUT2D eigenvalue weighted by atomic mass is 9.90. The van der Waals surface area contributed by atoms with Crippen molar-refractivity contribution in [1.82, 2.24) is 33.7 Å². The first-order valence-electron chi connectivity index (χ1n) is 18.5. The maximum absolute atomic E-state index is 14.4. The molecular formula is C41H42FN7O5. The summed E-state index contributed by atoms with van der Waals surface area (Å²) in [6, 6.07) is 19.7. The molecule has 1 saturated carbocycles. The fraction of sp³-hybridized carbons (Fsp3) is 0.341. The van der Waals surface area contributed by atoms with Gasteiger partial charge in [-0.1, -0.05) is 24.3 Å². The van der Waals surface area contributed by atoms with Crippen LogP contribution in [0.5, 0.6) is 5.75 Å². The average Bonchev–Trinajstić information content (AvgIpc) is 3.62. The van der Waals surface area contributed by atoms with Crippen LogP contribution in [0.4, 0.5) is 4.39 Å². The van der Waals surface area contributed by atoms with Gasteiger partial charge in [-0.05, 0) is 98.2 Å². The minimum atomic E-state index is -0.453. The van der Waals surface area contributed by atoms with Crippen LogP contribution in [-0.2, 0) is 4.74 Å². The Morgan fingerprint density at radius 1 is 0.963 bits per heavy atom. The van der Waals surface area contributed by atoms with Gasteiger partial charge in [0.15, 0.2) is 5.65 Å². The Hall–Kier alpha value is -5.66. The highest BCUT2D eigenvalue weighted by Gasteiger charge is 2.28. The summed E-state index contributed by atoms with van der Waals surface area (Å²) < 4.78 is 29.5. The van der Waals surface area contributed by atoms with Gasteiger partial charge in [-0.2, -0.15) is 0 Å². The molecule has 1 aliphatic heterocycles. The number of pyridine rings is 2. The second-order valence-electron chi connectivity index (χ2n) is 14.1. The van der Waals surface area contributed by atoms with Gasteiger partial charge in [0.25, 0.3) is 11.5 Å². The smallest absolute Gasteiger partial charge is 0.337 e. The van der Waals surface area contributed by atoms with Crippen LogP contribution in [0.2, 0.25) is 0 Å². The molecule has 0 bridgehead atoms. The van der Waals surface area contributed by atoms with E-state index in [2.05, 4.69) is 20.2 Å². The molecule has 0 atom stereocenters. The lowest BCUT2D eigenvalue weighted by Crippen LogP contribution is -2.45. The van der Waals surface area contributed by atoms with Crippen LogP contribution in [0.3, 0.4) is 0 Å². The second kappa shape index (κ2) is 15.4. The topological polar surface area (TPSA) is 125 Å². The summed E-state index contributed by atoms with van der Waals surface area (Å²) in [5.74, 6) is 0.0246. The number of ether oxygens (including phenoxy) is 2. The third-order valence-electron chi connectivity index (χ3n) is 10.4. The largest absolute Gasteiger partial charge is 0.494 e. The summed E-state index contributed by atoms with van der Waals surface area (Å²) >= 11 is 0. The fourth-order valence-corrected chi connectivity index (χ4v) is 7.55. The molecule has 0 radical (unpaired) electrons. The van der Waals surface area contributed by atoms with E-state index in [0.717, 1.165) is 61.7 Å². The number of hydrogen-bond donors (Lipinski definition) is 1. The molecule has 2 aromatic carbocycles. The highest BCUT2D eigenvalue weighted by atomic mass is 19.1. The van der Waals surface area contributed by atoms with E-state index in [1.54, 1.807) is 12.3 Å². The number of hydrogen-bond acceptors (Lipinski definition) is 8. The zero-order chi connectivity index (χ0) is 37.2. The number of benzene rings is 2. The second-order valence-corrected chi connectivity index (χ2v) is 14.1. The minimum absolute atomic E-state index is 0.166. The van der Waals surface area contributed by atoms with Gasteiger partial charge >= 0.3 is 5.69 Å². The molecule has 2 aliphatic rings. The molecule has 1 saturated heterocycles. The van der Waals surface area contributed by atoms with E-state index in [0.29, 0.717) is 54.7 Å². The number of morpholine rings is 1.